The van der Waals surface area contributed by atoms with Gasteiger partial charge in [0, 0.05) is 92.7 Å². The van der Waals surface area contributed by atoms with E-state index >= 15 is 0 Å². The van der Waals surface area contributed by atoms with Crippen LogP contribution in [-0.4, -0.2) is 110 Å². The molecule has 3 aromatic heterocycles. The van der Waals surface area contributed by atoms with Gasteiger partial charge in [-0.1, -0.05) is 73.3 Å². The molecule has 2 N–H and O–H groups in total. The number of carbonyl (C=O) groups excluding carboxylic acids is 3. The van der Waals surface area contributed by atoms with Crippen LogP contribution in [0.4, 0.5) is 5.69 Å². The number of aromatic nitrogens is 3. The summed E-state index contributed by atoms with van der Waals surface area (Å²) in [5, 5.41) is 8.15. The predicted octanol–water partition coefficient (Wildman–Crippen LogP) is 7.74. The highest BCUT2D eigenvalue weighted by Crippen LogP contribution is 2.42. The first-order valence-corrected chi connectivity index (χ1v) is 23.1. The fraction of sp³-hybridized carbons (Fsp3) is 0.596. The van der Waals surface area contributed by atoms with Gasteiger partial charge in [-0.05, 0) is 56.5 Å². The molecule has 13 nitrogen and oxygen atoms in total. The van der Waals surface area contributed by atoms with E-state index in [1.165, 1.54) is 24.2 Å². The summed E-state index contributed by atoms with van der Waals surface area (Å²) in [6, 6.07) is 7.98. The van der Waals surface area contributed by atoms with Crippen LogP contribution >= 0.6 is 11.3 Å². The quantitative estimate of drug-likeness (QED) is 0.0487. The van der Waals surface area contributed by atoms with Gasteiger partial charge in [-0.25, -0.2) is 10.4 Å². The Balaban J connectivity index is 0.00000127. The number of likely N-dealkylation sites (N-methyl/N-ethyl adjacent to an activating group) is 1. The zero-order valence-electron chi connectivity index (χ0n) is 38.5. The maximum absolute atomic E-state index is 13.4. The largest absolute Gasteiger partial charge is 0.467 e. The predicted molar refractivity (Wildman–Crippen MR) is 249 cm³/mol. The number of benzene rings is 1. The number of pyridine rings is 1. The van der Waals surface area contributed by atoms with E-state index in [2.05, 4.69) is 91.0 Å². The van der Waals surface area contributed by atoms with Crippen molar-refractivity contribution in [3.63, 3.8) is 0 Å². The molecule has 1 unspecified atom stereocenters. The van der Waals surface area contributed by atoms with Crippen LogP contribution in [0.5, 0.6) is 0 Å². The van der Waals surface area contributed by atoms with E-state index in [9.17, 15) is 14.4 Å². The second-order valence-corrected chi connectivity index (χ2v) is 17.7. The topological polar surface area (TPSA) is 134 Å². The van der Waals surface area contributed by atoms with Crippen molar-refractivity contribution in [2.24, 2.45) is 11.3 Å². The van der Waals surface area contributed by atoms with E-state index in [-0.39, 0.29) is 24.3 Å². The molecule has 4 heterocycles. The van der Waals surface area contributed by atoms with Crippen molar-refractivity contribution in [2.45, 2.75) is 113 Å². The molecule has 6 rings (SSSR count). The van der Waals surface area contributed by atoms with Crippen LogP contribution in [0, 0.1) is 11.3 Å². The van der Waals surface area contributed by atoms with Crippen LogP contribution in [0.2, 0.25) is 0 Å². The summed E-state index contributed by atoms with van der Waals surface area (Å²) < 4.78 is 13.4. The van der Waals surface area contributed by atoms with E-state index < -0.39 is 6.04 Å². The Morgan fingerprint density at radius 3 is 2.43 bits per heavy atom. The van der Waals surface area contributed by atoms with Gasteiger partial charge in [-0.3, -0.25) is 24.4 Å². The van der Waals surface area contributed by atoms with Gasteiger partial charge in [0.2, 0.25) is 6.41 Å². The number of hydrogen-bond donors (Lipinski definition) is 2. The molecule has 0 spiro atoms. The summed E-state index contributed by atoms with van der Waals surface area (Å²) in [5.41, 5.74) is 10.6. The standard InChI is InChI=1S/C41H58N8O5S.C4H8.C2H6/c1-8-10-11-14-49(42-5)40(52)34(44-27-50)21-38-45-36(25-55-38)29-12-13-37-31(19-29)33(22-41(3,4)26-54-28-51)39(48(37)9-2)32-20-30(23-43-35(32)24-53-7)47-17-15-46(6)16-18-47;1-4-2-3-4;1-2/h12-13,19-20,23,25,27-28,34,42H,8-11,14-18,21-22,24,26H2,1-7H3,(H,44,50);4H,2-3H2,1H3;1-2H3. The molecular formula is C47H72N8O5S. The summed E-state index contributed by atoms with van der Waals surface area (Å²) >= 11 is 1.48. The van der Waals surface area contributed by atoms with Gasteiger partial charge in [-0.2, -0.15) is 0 Å². The summed E-state index contributed by atoms with van der Waals surface area (Å²) in [6.45, 7) is 21.0. The zero-order valence-corrected chi connectivity index (χ0v) is 39.3. The van der Waals surface area contributed by atoms with Gasteiger partial charge in [0.15, 0.2) is 0 Å². The van der Waals surface area contributed by atoms with E-state index in [1.54, 1.807) is 19.2 Å². The Bertz CT molecular complexity index is 1980. The Hall–Kier alpha value is -4.37. The number of aryl methyl sites for hydroxylation is 1. The summed E-state index contributed by atoms with van der Waals surface area (Å²) in [6.07, 6.45) is 9.37. The van der Waals surface area contributed by atoms with Crippen LogP contribution < -0.4 is 15.6 Å². The Morgan fingerprint density at radius 1 is 1.10 bits per heavy atom. The zero-order chi connectivity index (χ0) is 44.5. The van der Waals surface area contributed by atoms with Gasteiger partial charge >= 0.3 is 0 Å². The molecule has 1 saturated heterocycles. The van der Waals surface area contributed by atoms with Crippen molar-refractivity contribution >= 4 is 46.7 Å². The molecule has 1 aliphatic carbocycles. The first-order chi connectivity index (χ1) is 29.5. The number of anilines is 1. The van der Waals surface area contributed by atoms with Crippen LogP contribution in [0.1, 0.15) is 96.8 Å². The third kappa shape index (κ3) is 13.6. The third-order valence-electron chi connectivity index (χ3n) is 11.2. The molecule has 2 amide bonds. The molecule has 1 atom stereocenters. The van der Waals surface area contributed by atoms with Crippen molar-refractivity contribution in [3.05, 3.63) is 52.1 Å². The van der Waals surface area contributed by atoms with Crippen molar-refractivity contribution in [1.82, 2.24) is 35.2 Å². The van der Waals surface area contributed by atoms with E-state index in [0.717, 1.165) is 113 Å². The Labute approximate surface area is 368 Å². The maximum atomic E-state index is 13.4. The van der Waals surface area contributed by atoms with Crippen LogP contribution in [0.15, 0.2) is 35.8 Å². The normalized spacial score (nSPS) is 14.7. The molecule has 1 aliphatic heterocycles. The second-order valence-electron chi connectivity index (χ2n) is 16.7. The number of thiazole rings is 1. The fourth-order valence-electron chi connectivity index (χ4n) is 7.58. The minimum Gasteiger partial charge on any atom is -0.467 e. The number of fused-ring (bicyclic) bond motifs is 1. The third-order valence-corrected chi connectivity index (χ3v) is 12.1. The van der Waals surface area contributed by atoms with Crippen LogP contribution in [-0.2, 0) is 49.9 Å². The van der Waals surface area contributed by atoms with Crippen LogP contribution in [0.25, 0.3) is 33.4 Å². The van der Waals surface area contributed by atoms with Crippen molar-refractivity contribution in [1.29, 1.82) is 0 Å². The highest BCUT2D eigenvalue weighted by atomic mass is 32.1. The number of nitrogens with one attached hydrogen (secondary N) is 2. The van der Waals surface area contributed by atoms with Crippen molar-refractivity contribution in [3.8, 4) is 22.5 Å². The number of unbranched alkanes of at least 4 members (excludes halogenated alkanes) is 2. The fourth-order valence-corrected chi connectivity index (χ4v) is 8.43. The molecule has 14 heteroatoms. The number of hydrogen-bond acceptors (Lipinski definition) is 11. The maximum Gasteiger partial charge on any atom is 0.293 e. The lowest BCUT2D eigenvalue weighted by atomic mass is 9.84. The number of nitrogens with zero attached hydrogens (tertiary/aromatic N) is 6. The SMILES string of the molecule is CC.CC1CC1.CCCCCN(NC)C(=O)C(Cc1nc(-c2ccc3c(c2)c(CC(C)(C)COC=O)c(-c2cc(N4CCN(C)CC4)cnc2COC)n3CC)cs1)NC=O. The molecule has 1 saturated carbocycles. The minimum atomic E-state index is -0.742. The van der Waals surface area contributed by atoms with Gasteiger partial charge in [0.1, 0.15) is 6.04 Å². The smallest absolute Gasteiger partial charge is 0.293 e. The molecule has 0 radical (unpaired) electrons. The molecule has 2 aliphatic rings. The number of piperazine rings is 1. The van der Waals surface area contributed by atoms with Gasteiger partial charge in [-0.15, -0.1) is 11.3 Å². The molecule has 0 bridgehead atoms. The number of hydrazine groups is 1. The average Bonchev–Trinajstić information content (AvgIpc) is 3.81. The Morgan fingerprint density at radius 2 is 1.82 bits per heavy atom. The van der Waals surface area contributed by atoms with Crippen molar-refractivity contribution in [2.75, 3.05) is 65.4 Å². The van der Waals surface area contributed by atoms with Crippen LogP contribution in [0.3, 0.4) is 0 Å². The number of amides is 2. The second kappa shape index (κ2) is 24.3. The van der Waals surface area contributed by atoms with E-state index in [4.69, 9.17) is 19.4 Å². The average molecular weight is 861 g/mol. The number of carbonyl (C=O) groups is 3. The molecule has 336 valence electrons. The highest BCUT2D eigenvalue weighted by Gasteiger charge is 2.30. The monoisotopic (exact) mass is 861 g/mol. The summed E-state index contributed by atoms with van der Waals surface area (Å²) in [4.78, 5) is 51.1. The lowest BCUT2D eigenvalue weighted by Gasteiger charge is -2.34. The van der Waals surface area contributed by atoms with Gasteiger partial charge < -0.3 is 29.2 Å². The molecular weight excluding hydrogens is 789 g/mol. The minimum absolute atomic E-state index is 0.192. The molecule has 61 heavy (non-hydrogen) atoms. The number of methoxy groups -OCH3 is 1. The summed E-state index contributed by atoms with van der Waals surface area (Å²) in [7, 11) is 5.57. The Kier molecular flexibility index (Phi) is 19.6. The lowest BCUT2D eigenvalue weighted by Crippen LogP contribution is -2.52. The molecule has 2 fully saturated rings. The lowest BCUT2D eigenvalue weighted by molar-refractivity contribution is -0.137. The van der Waals surface area contributed by atoms with E-state index in [1.807, 2.05) is 25.4 Å². The molecule has 4 aromatic rings. The number of ether oxygens (including phenoxy) is 2. The van der Waals surface area contributed by atoms with Gasteiger partial charge in [0.05, 0.1) is 47.2 Å². The molecule has 1 aromatic carbocycles. The highest BCUT2D eigenvalue weighted by molar-refractivity contribution is 7.10. The van der Waals surface area contributed by atoms with E-state index in [0.29, 0.717) is 32.5 Å². The summed E-state index contributed by atoms with van der Waals surface area (Å²) in [5.74, 6) is 0.891. The number of rotatable bonds is 21. The van der Waals surface area contributed by atoms with Crippen molar-refractivity contribution < 1.29 is 23.9 Å². The first kappa shape index (κ1) is 49.3. The first-order valence-electron chi connectivity index (χ1n) is 22.2. The van der Waals surface area contributed by atoms with Gasteiger partial charge in [0.25, 0.3) is 12.4 Å².